The first-order valence-corrected chi connectivity index (χ1v) is 62.8. The highest BCUT2D eigenvalue weighted by molar-refractivity contribution is 7.70. The zero-order valence-electron chi connectivity index (χ0n) is 74.9. The Kier molecular flexibility index (Phi) is 47.9. The van der Waals surface area contributed by atoms with E-state index in [1.54, 1.807) is 0 Å². The van der Waals surface area contributed by atoms with Crippen molar-refractivity contribution in [2.75, 3.05) is 255 Å². The number of likely N-dealkylation sites (tertiary alicyclic amines) is 8. The lowest BCUT2D eigenvalue weighted by Gasteiger charge is -2.28. The summed E-state index contributed by atoms with van der Waals surface area (Å²) in [5.41, 5.74) is 0. The summed E-state index contributed by atoms with van der Waals surface area (Å²) < 4.78 is 47.4. The van der Waals surface area contributed by atoms with Crippen LogP contribution in [0, 0.1) is 29.6 Å². The molecule has 16 nitrogen and oxygen atoms in total. The molecule has 0 spiro atoms. The van der Waals surface area contributed by atoms with Crippen LogP contribution in [0.15, 0.2) is 0 Å². The van der Waals surface area contributed by atoms with Gasteiger partial charge in [0.15, 0.2) is 0 Å². The molecule has 8 heterocycles. The Morgan fingerprint density at radius 3 is 1.22 bits per heavy atom. The van der Waals surface area contributed by atoms with Crippen LogP contribution >= 0.6 is 57.7 Å². The first-order valence-electron chi connectivity index (χ1n) is 39.9. The van der Waals surface area contributed by atoms with Gasteiger partial charge in [-0.05, 0) is 293 Å². The first-order chi connectivity index (χ1) is 47.3. The Morgan fingerprint density at radius 2 is 0.827 bits per heavy atom. The normalized spacial score (nSPS) is 31.1. The van der Waals surface area contributed by atoms with Crippen LogP contribution in [0.5, 0.6) is 0 Å². The highest BCUT2D eigenvalue weighted by Crippen LogP contribution is 2.50. The van der Waals surface area contributed by atoms with E-state index in [0.717, 1.165) is 81.3 Å². The third kappa shape index (κ3) is 46.5. The van der Waals surface area contributed by atoms with E-state index < -0.39 is 57.7 Å². The molecule has 8 saturated heterocycles. The molecule has 8 aliphatic rings. The summed E-state index contributed by atoms with van der Waals surface area (Å²) in [6.07, 6.45) is 40.9. The fourth-order valence-corrected chi connectivity index (χ4v) is 21.2. The minimum Gasteiger partial charge on any atom is -0.361 e. The van der Waals surface area contributed by atoms with E-state index in [0.29, 0.717) is 54.6 Å². The van der Waals surface area contributed by atoms with E-state index in [1.165, 1.54) is 116 Å². The van der Waals surface area contributed by atoms with Gasteiger partial charge in [0, 0.05) is 94.0 Å². The van der Waals surface area contributed by atoms with Crippen molar-refractivity contribution in [2.45, 2.75) is 199 Å². The van der Waals surface area contributed by atoms with E-state index in [1.807, 2.05) is 0 Å². The minimum absolute atomic E-state index is 0.325. The summed E-state index contributed by atoms with van der Waals surface area (Å²) in [6, 6.07) is 4.67. The molecule has 0 N–H and O–H groups in total. The van der Waals surface area contributed by atoms with Crippen molar-refractivity contribution >= 4 is 95.5 Å². The Morgan fingerprint density at radius 1 is 0.365 bits per heavy atom. The molecule has 0 radical (unpaired) electrons. The lowest BCUT2D eigenvalue weighted by atomic mass is 10.00. The number of likely N-dealkylation sites (N-methyl/N-ethyl adjacent to an activating group) is 6. The number of nitrogens with zero attached hydrogens (tertiary/aromatic N) is 8. The molecule has 104 heavy (non-hydrogen) atoms. The molecule has 624 valence electrons. The van der Waals surface area contributed by atoms with Crippen LogP contribution in [-0.2, 0) is 36.2 Å². The van der Waals surface area contributed by atoms with Crippen molar-refractivity contribution in [2.24, 2.45) is 29.6 Å². The minimum atomic E-state index is -1.33. The molecule has 0 aromatic rings. The Bertz CT molecular complexity index is 2600. The number of hydrogen-bond donors (Lipinski definition) is 0. The summed E-state index contributed by atoms with van der Waals surface area (Å²) in [5.74, 6) is 3.90. The second-order valence-electron chi connectivity index (χ2n) is 37.6. The molecular formula is C80H178N8O8P8+2. The van der Waals surface area contributed by atoms with Crippen molar-refractivity contribution in [3.63, 3.8) is 0 Å². The Hall–Kier alpha value is 2.02. The predicted octanol–water partition coefficient (Wildman–Crippen LogP) is 16.9. The van der Waals surface area contributed by atoms with Crippen molar-refractivity contribution in [1.29, 1.82) is 0 Å². The maximum Gasteiger partial charge on any atom is 0.136 e. The zero-order chi connectivity index (χ0) is 80.5. The SMILES string of the molecule is C=P(C)(C)OC1CC(CC)N(C)C1.C=P(C)(C)OC1CCC(CC)N1C.C=P(C)(C)OC1CCN(C)C1CC.C=P(C)(C)OC1CN(C)CC1CC.C=P(C)(C)OCC1CC(C)CN1C.C=P(C)(C)OCC1CCC(C)N1C.CC1CCN(C)C1CO[P+](C)(C)C.CC1CN(C)CC1CO[P+](C)(C)C. The molecule has 8 aliphatic heterocycles. The van der Waals surface area contributed by atoms with E-state index in [9.17, 15) is 0 Å². The third-order valence-electron chi connectivity index (χ3n) is 21.1. The summed E-state index contributed by atoms with van der Waals surface area (Å²) in [5, 5.41) is 0. The van der Waals surface area contributed by atoms with Crippen LogP contribution in [0.25, 0.3) is 0 Å². The van der Waals surface area contributed by atoms with E-state index in [4.69, 9.17) is 36.2 Å². The van der Waals surface area contributed by atoms with Gasteiger partial charge in [-0.25, -0.2) is 9.05 Å². The van der Waals surface area contributed by atoms with Gasteiger partial charge in [0.25, 0.3) is 0 Å². The highest BCUT2D eigenvalue weighted by atomic mass is 31.2. The third-order valence-corrected chi connectivity index (χ3v) is 28.0. The second-order valence-corrected chi connectivity index (χ2v) is 65.9. The summed E-state index contributed by atoms with van der Waals surface area (Å²) in [4.78, 5) is 19.2. The molecule has 16 unspecified atom stereocenters. The van der Waals surface area contributed by atoms with Gasteiger partial charge in [-0.15, -0.1) is 0 Å². The van der Waals surface area contributed by atoms with Gasteiger partial charge >= 0.3 is 0 Å². The molecular weight excluding hydrogens is 1450 g/mol. The van der Waals surface area contributed by atoms with Crippen molar-refractivity contribution in [3.05, 3.63) is 0 Å². The standard InChI is InChI=1S/C10H23NOP.C10H22NOP.C10H23NOP.5C10H22NOP/c1-9-6-11(2)7-10(9)8-12-13(3,4)5;1-9-6-10(11(2)7-9)8-12-13(3,4)5;1-9-6-7-11(2)10(9)8-12-13(3,4)5;1-9-6-7-10(11(9)2)8-12-13(3,4)5;1-6-9-7-11(2)8-10(9)12-13(3,4)5;1-6-9-7-10(8-11(9)2)12-13(3,4)5;1-6-9-10(7-8-11(9)2)12-13(3,4)5;1-6-9-7-8-10(11(9)2)12-13(3,4)5/h9-10H,6-8H2,1-5H3;9-10H,3,6-8H2,1-2,4-5H3;9-10H,6-8H2,1-5H3;5*9-10H,3,6-8H2,1-2,4-5H3/q+1;;+1;;;;;. The molecule has 8 rings (SSSR count). The van der Waals surface area contributed by atoms with E-state index in [2.05, 4.69) is 309 Å². The fourth-order valence-electron chi connectivity index (χ4n) is 15.0. The molecule has 0 bridgehead atoms. The average molecular weight is 1630 g/mol. The van der Waals surface area contributed by atoms with Gasteiger partial charge in [-0.2, -0.15) is 0 Å². The summed E-state index contributed by atoms with van der Waals surface area (Å²) >= 11 is 0. The van der Waals surface area contributed by atoms with Gasteiger partial charge in [0.1, 0.15) is 27.8 Å². The summed E-state index contributed by atoms with van der Waals surface area (Å²) in [6.45, 7) is 70.1. The Labute approximate surface area is 650 Å². The van der Waals surface area contributed by atoms with Crippen LogP contribution in [0.4, 0.5) is 0 Å². The Balaban J connectivity index is 0.000000594. The molecule has 0 amide bonds. The van der Waals surface area contributed by atoms with Crippen LogP contribution in [-0.4, -0.2) is 399 Å². The lowest BCUT2D eigenvalue weighted by Crippen LogP contribution is -2.33. The van der Waals surface area contributed by atoms with Gasteiger partial charge in [0.05, 0.1) is 78.1 Å². The predicted molar refractivity (Wildman–Crippen MR) is 494 cm³/mol. The van der Waals surface area contributed by atoms with Gasteiger partial charge in [0.2, 0.25) is 0 Å². The van der Waals surface area contributed by atoms with Gasteiger partial charge in [-0.1, -0.05) is 86.3 Å². The molecule has 16 atom stereocenters. The fraction of sp³-hybridized carbons (Fsp3) is 0.925. The number of rotatable bonds is 24. The molecule has 0 aromatic carbocycles. The van der Waals surface area contributed by atoms with E-state index in [-0.39, 0.29) is 0 Å². The van der Waals surface area contributed by atoms with Crippen LogP contribution in [0.2, 0.25) is 0 Å². The van der Waals surface area contributed by atoms with Crippen LogP contribution < -0.4 is 0 Å². The monoisotopic (exact) mass is 1630 g/mol. The molecule has 8 fully saturated rings. The zero-order valence-corrected chi connectivity index (χ0v) is 82.0. The molecule has 0 saturated carbocycles. The largest absolute Gasteiger partial charge is 0.361 e. The second kappa shape index (κ2) is 47.9. The number of hydrogen-bond acceptors (Lipinski definition) is 16. The quantitative estimate of drug-likeness (QED) is 0.0857. The first kappa shape index (κ1) is 104. The van der Waals surface area contributed by atoms with Crippen molar-refractivity contribution in [3.8, 4) is 0 Å². The summed E-state index contributed by atoms with van der Waals surface area (Å²) in [7, 11) is 7.56. The lowest BCUT2D eigenvalue weighted by molar-refractivity contribution is 0.0702. The van der Waals surface area contributed by atoms with E-state index >= 15 is 0 Å². The smallest absolute Gasteiger partial charge is 0.136 e. The van der Waals surface area contributed by atoms with Crippen LogP contribution in [0.1, 0.15) is 132 Å². The topological polar surface area (TPSA) is 99.8 Å². The molecule has 0 aromatic heterocycles. The maximum absolute atomic E-state index is 6.03. The molecule has 24 heteroatoms. The average Bonchev–Trinajstić information content (AvgIpc) is 1.70. The van der Waals surface area contributed by atoms with Crippen LogP contribution in [0.3, 0.4) is 0 Å². The molecule has 0 aliphatic carbocycles. The van der Waals surface area contributed by atoms with Gasteiger partial charge < -0.3 is 56.5 Å². The van der Waals surface area contributed by atoms with Crippen molar-refractivity contribution in [1.82, 2.24) is 39.2 Å². The maximum atomic E-state index is 6.03. The highest BCUT2D eigenvalue weighted by Gasteiger charge is 2.37. The van der Waals surface area contributed by atoms with Crippen molar-refractivity contribution < 1.29 is 36.2 Å². The van der Waals surface area contributed by atoms with Gasteiger partial charge in [-0.3, -0.25) is 9.80 Å².